The zero-order valence-corrected chi connectivity index (χ0v) is 20.7. The molecule has 0 bridgehead atoms. The Kier molecular flexibility index (Phi) is 7.75. The van der Waals surface area contributed by atoms with Gasteiger partial charge in [-0.25, -0.2) is 8.42 Å². The van der Waals surface area contributed by atoms with E-state index >= 15 is 0 Å². The van der Waals surface area contributed by atoms with E-state index < -0.39 is 27.4 Å². The number of ether oxygens (including phenoxy) is 1. The highest BCUT2D eigenvalue weighted by Crippen LogP contribution is 2.29. The van der Waals surface area contributed by atoms with E-state index in [1.165, 1.54) is 38.3 Å². The number of carbonyl (C=O) groups is 1. The highest BCUT2D eigenvalue weighted by molar-refractivity contribution is 7.92. The van der Waals surface area contributed by atoms with Crippen LogP contribution in [0.4, 0.5) is 11.4 Å². The van der Waals surface area contributed by atoms with Crippen molar-refractivity contribution in [2.24, 2.45) is 0 Å². The van der Waals surface area contributed by atoms with E-state index in [-0.39, 0.29) is 22.3 Å². The minimum absolute atomic E-state index is 0.215. The van der Waals surface area contributed by atoms with Gasteiger partial charge in [-0.05, 0) is 56.7 Å². The Bertz CT molecular complexity index is 1320. The highest BCUT2D eigenvalue weighted by atomic mass is 32.2. The lowest BCUT2D eigenvalue weighted by atomic mass is 10.1. The first-order valence-electron chi connectivity index (χ1n) is 10.8. The third-order valence-electron chi connectivity index (χ3n) is 5.57. The molecule has 35 heavy (non-hydrogen) atoms. The van der Waals surface area contributed by atoms with Crippen molar-refractivity contribution in [2.75, 3.05) is 18.0 Å². The second-order valence-electron chi connectivity index (χ2n) is 8.11. The summed E-state index contributed by atoms with van der Waals surface area (Å²) in [5, 5.41) is 14.2. The van der Waals surface area contributed by atoms with Crippen LogP contribution >= 0.6 is 0 Å². The molecule has 3 rings (SSSR count). The van der Waals surface area contributed by atoms with Crippen LogP contribution in [0.1, 0.15) is 29.7 Å². The molecule has 0 heterocycles. The summed E-state index contributed by atoms with van der Waals surface area (Å²) in [6.07, 6.45) is 0. The number of rotatable bonds is 9. The Morgan fingerprint density at radius 3 is 2.26 bits per heavy atom. The number of sulfonamides is 1. The molecule has 3 aromatic rings. The van der Waals surface area contributed by atoms with Crippen LogP contribution in [0.3, 0.4) is 0 Å². The predicted molar refractivity (Wildman–Crippen MR) is 133 cm³/mol. The van der Waals surface area contributed by atoms with Crippen LogP contribution < -0.4 is 14.4 Å². The molecule has 0 aliphatic heterocycles. The van der Waals surface area contributed by atoms with Crippen LogP contribution in [-0.2, 0) is 14.8 Å². The van der Waals surface area contributed by atoms with E-state index in [1.54, 1.807) is 19.1 Å². The number of anilines is 1. The summed E-state index contributed by atoms with van der Waals surface area (Å²) in [5.74, 6) is -0.0198. The zero-order chi connectivity index (χ0) is 25.8. The summed E-state index contributed by atoms with van der Waals surface area (Å²) in [6.45, 7) is 4.76. The van der Waals surface area contributed by atoms with Gasteiger partial charge in [0, 0.05) is 11.6 Å². The summed E-state index contributed by atoms with van der Waals surface area (Å²) in [4.78, 5) is 23.4. The maximum Gasteiger partial charge on any atom is 0.273 e. The van der Waals surface area contributed by atoms with Gasteiger partial charge in [0.25, 0.3) is 15.7 Å². The number of methoxy groups -OCH3 is 1. The van der Waals surface area contributed by atoms with E-state index in [0.717, 1.165) is 21.5 Å². The van der Waals surface area contributed by atoms with E-state index in [4.69, 9.17) is 4.74 Å². The first-order chi connectivity index (χ1) is 16.5. The average Bonchev–Trinajstić information content (AvgIpc) is 2.83. The molecule has 0 spiro atoms. The van der Waals surface area contributed by atoms with Crippen molar-refractivity contribution in [3.63, 3.8) is 0 Å². The third kappa shape index (κ3) is 5.96. The van der Waals surface area contributed by atoms with Crippen LogP contribution in [-0.4, -0.2) is 32.9 Å². The molecular weight excluding hydrogens is 470 g/mol. The molecule has 10 heteroatoms. The fraction of sp³-hybridized carbons (Fsp3) is 0.240. The van der Waals surface area contributed by atoms with Gasteiger partial charge in [-0.1, -0.05) is 35.9 Å². The SMILES string of the molecule is COc1ccc(N(CC(=O)NC(C)c2ccc(C)cc2)S(=O)(=O)c2ccc(C)c([N+](=O)[O-])c2)cc1. The molecule has 0 fully saturated rings. The number of nitrogens with zero attached hydrogens (tertiary/aromatic N) is 2. The second-order valence-corrected chi connectivity index (χ2v) is 9.98. The first-order valence-corrected chi connectivity index (χ1v) is 12.2. The second kappa shape index (κ2) is 10.6. The van der Waals surface area contributed by atoms with E-state index in [1.807, 2.05) is 31.2 Å². The zero-order valence-electron chi connectivity index (χ0n) is 19.9. The highest BCUT2D eigenvalue weighted by Gasteiger charge is 2.29. The van der Waals surface area contributed by atoms with Crippen molar-refractivity contribution < 1.29 is 22.9 Å². The maximum atomic E-state index is 13.6. The van der Waals surface area contributed by atoms with Gasteiger partial charge in [-0.3, -0.25) is 19.2 Å². The molecule has 0 aliphatic rings. The summed E-state index contributed by atoms with van der Waals surface area (Å²) in [6, 6.07) is 17.1. The fourth-order valence-electron chi connectivity index (χ4n) is 3.49. The van der Waals surface area contributed by atoms with Gasteiger partial charge in [0.2, 0.25) is 5.91 Å². The number of nitro benzene ring substituents is 1. The Labute approximate surface area is 204 Å². The van der Waals surface area contributed by atoms with Crippen molar-refractivity contribution in [3.8, 4) is 5.75 Å². The van der Waals surface area contributed by atoms with Crippen molar-refractivity contribution in [2.45, 2.75) is 31.7 Å². The standard InChI is InChI=1S/C25H27N3O6S/c1-17-5-8-20(9-6-17)19(3)26-25(29)16-27(21-10-12-22(34-4)13-11-21)35(32,33)23-14-7-18(2)24(15-23)28(30)31/h5-15,19H,16H2,1-4H3,(H,26,29). The molecule has 0 radical (unpaired) electrons. The molecule has 1 atom stereocenters. The van der Waals surface area contributed by atoms with Crippen LogP contribution in [0.5, 0.6) is 5.75 Å². The summed E-state index contributed by atoms with van der Waals surface area (Å²) in [7, 11) is -2.84. The van der Waals surface area contributed by atoms with E-state index in [0.29, 0.717) is 11.3 Å². The van der Waals surface area contributed by atoms with Crippen LogP contribution in [0.2, 0.25) is 0 Å². The van der Waals surface area contributed by atoms with Gasteiger partial charge >= 0.3 is 0 Å². The molecule has 0 aliphatic carbocycles. The number of nitrogens with one attached hydrogen (secondary N) is 1. The lowest BCUT2D eigenvalue weighted by Crippen LogP contribution is -2.41. The van der Waals surface area contributed by atoms with Gasteiger partial charge in [-0.2, -0.15) is 0 Å². The predicted octanol–water partition coefficient (Wildman–Crippen LogP) is 4.29. The molecule has 0 saturated heterocycles. The molecule has 9 nitrogen and oxygen atoms in total. The fourth-order valence-corrected chi connectivity index (χ4v) is 4.93. The topological polar surface area (TPSA) is 119 Å². The van der Waals surface area contributed by atoms with E-state index in [9.17, 15) is 23.3 Å². The van der Waals surface area contributed by atoms with Crippen LogP contribution in [0.15, 0.2) is 71.6 Å². The Hall–Kier alpha value is -3.92. The Morgan fingerprint density at radius 2 is 1.69 bits per heavy atom. The molecular formula is C25H27N3O6S. The lowest BCUT2D eigenvalue weighted by Gasteiger charge is -2.25. The first kappa shape index (κ1) is 25.7. The van der Waals surface area contributed by atoms with Crippen molar-refractivity contribution in [1.82, 2.24) is 5.32 Å². The molecule has 0 aromatic heterocycles. The summed E-state index contributed by atoms with van der Waals surface area (Å²) >= 11 is 0. The Balaban J connectivity index is 1.96. The van der Waals surface area contributed by atoms with Gasteiger partial charge in [0.05, 0.1) is 28.7 Å². The number of benzene rings is 3. The van der Waals surface area contributed by atoms with Crippen molar-refractivity contribution in [1.29, 1.82) is 0 Å². The van der Waals surface area contributed by atoms with Gasteiger partial charge < -0.3 is 10.1 Å². The summed E-state index contributed by atoms with van der Waals surface area (Å²) in [5.41, 5.74) is 2.17. The molecule has 1 unspecified atom stereocenters. The van der Waals surface area contributed by atoms with Crippen molar-refractivity contribution >= 4 is 27.3 Å². The van der Waals surface area contributed by atoms with E-state index in [2.05, 4.69) is 5.32 Å². The minimum atomic E-state index is -4.32. The smallest absolute Gasteiger partial charge is 0.273 e. The molecule has 3 aromatic carbocycles. The van der Waals surface area contributed by atoms with Gasteiger partial charge in [-0.15, -0.1) is 0 Å². The summed E-state index contributed by atoms with van der Waals surface area (Å²) < 4.78 is 33.3. The average molecular weight is 498 g/mol. The molecule has 184 valence electrons. The van der Waals surface area contributed by atoms with Gasteiger partial charge in [0.1, 0.15) is 12.3 Å². The molecule has 1 N–H and O–H groups in total. The minimum Gasteiger partial charge on any atom is -0.497 e. The number of amides is 1. The number of hydrogen-bond acceptors (Lipinski definition) is 6. The van der Waals surface area contributed by atoms with Gasteiger partial charge in [0.15, 0.2) is 0 Å². The molecule has 1 amide bonds. The number of hydrogen-bond donors (Lipinski definition) is 1. The number of nitro groups is 1. The monoisotopic (exact) mass is 497 g/mol. The maximum absolute atomic E-state index is 13.6. The number of carbonyl (C=O) groups excluding carboxylic acids is 1. The molecule has 0 saturated carbocycles. The normalized spacial score (nSPS) is 12.0. The van der Waals surface area contributed by atoms with Crippen LogP contribution in [0.25, 0.3) is 0 Å². The lowest BCUT2D eigenvalue weighted by molar-refractivity contribution is -0.385. The largest absolute Gasteiger partial charge is 0.497 e. The third-order valence-corrected chi connectivity index (χ3v) is 7.34. The Morgan fingerprint density at radius 1 is 1.06 bits per heavy atom. The van der Waals surface area contributed by atoms with Crippen LogP contribution in [0, 0.1) is 24.0 Å². The number of aryl methyl sites for hydroxylation is 2. The quantitative estimate of drug-likeness (QED) is 0.348. The van der Waals surface area contributed by atoms with Crippen molar-refractivity contribution in [3.05, 3.63) is 93.5 Å².